The van der Waals surface area contributed by atoms with Gasteiger partial charge in [-0.3, -0.25) is 9.69 Å². The fourth-order valence-electron chi connectivity index (χ4n) is 5.91. The van der Waals surface area contributed by atoms with E-state index in [0.29, 0.717) is 29.6 Å². The number of tetrazole rings is 1. The minimum Gasteiger partial charge on any atom is -0.454 e. The second kappa shape index (κ2) is 10.6. The van der Waals surface area contributed by atoms with E-state index < -0.39 is 0 Å². The van der Waals surface area contributed by atoms with Crippen molar-refractivity contribution in [3.05, 3.63) is 75.3 Å². The van der Waals surface area contributed by atoms with Gasteiger partial charge in [0.15, 0.2) is 17.3 Å². The molecule has 2 aliphatic rings. The summed E-state index contributed by atoms with van der Waals surface area (Å²) in [6.45, 7) is 5.78. The maximum absolute atomic E-state index is 13.3. The minimum absolute atomic E-state index is 0.0125. The van der Waals surface area contributed by atoms with Crippen molar-refractivity contribution in [3.63, 3.8) is 0 Å². The highest BCUT2D eigenvalue weighted by Crippen LogP contribution is 2.36. The Hall–Kier alpha value is -3.72. The van der Waals surface area contributed by atoms with Gasteiger partial charge in [0.2, 0.25) is 6.79 Å². The second-order valence-electron chi connectivity index (χ2n) is 10.4. The van der Waals surface area contributed by atoms with E-state index >= 15 is 0 Å². The molecule has 1 saturated carbocycles. The topological polar surface area (TPSA) is 98.2 Å². The third kappa shape index (κ3) is 4.78. The zero-order chi connectivity index (χ0) is 26.1. The Morgan fingerprint density at radius 3 is 2.68 bits per heavy atom. The Morgan fingerprint density at radius 1 is 1.11 bits per heavy atom. The maximum atomic E-state index is 13.3. The Morgan fingerprint density at radius 2 is 1.89 bits per heavy atom. The Kier molecular flexibility index (Phi) is 6.84. The number of nitrogens with zero attached hydrogens (tertiary/aromatic N) is 5. The molecule has 9 nitrogen and oxygen atoms in total. The van der Waals surface area contributed by atoms with E-state index in [0.717, 1.165) is 49.0 Å². The van der Waals surface area contributed by atoms with E-state index in [9.17, 15) is 4.79 Å². The largest absolute Gasteiger partial charge is 0.454 e. The number of aromatic nitrogens is 5. The summed E-state index contributed by atoms with van der Waals surface area (Å²) >= 11 is 0. The summed E-state index contributed by atoms with van der Waals surface area (Å²) in [7, 11) is 0. The summed E-state index contributed by atoms with van der Waals surface area (Å²) < 4.78 is 13.1. The van der Waals surface area contributed by atoms with Crippen LogP contribution in [-0.4, -0.2) is 43.4 Å². The summed E-state index contributed by atoms with van der Waals surface area (Å²) in [6, 6.07) is 14.6. The van der Waals surface area contributed by atoms with E-state index in [4.69, 9.17) is 9.47 Å². The number of rotatable bonds is 9. The smallest absolute Gasteiger partial charge is 0.252 e. The van der Waals surface area contributed by atoms with Gasteiger partial charge in [0.1, 0.15) is 0 Å². The van der Waals surface area contributed by atoms with Crippen molar-refractivity contribution in [2.45, 2.75) is 71.0 Å². The maximum Gasteiger partial charge on any atom is 0.252 e. The van der Waals surface area contributed by atoms with Crippen LogP contribution in [0.5, 0.6) is 11.5 Å². The molecule has 1 aliphatic carbocycles. The molecule has 0 radical (unpaired) electrons. The molecule has 4 aromatic rings. The SMILES string of the molecule is CCC(c1nnnn1C1CCCC1)N(CCc1ccccc1C)Cc1cc2cc3c(cc2[nH]c1=O)OCO3. The van der Waals surface area contributed by atoms with Gasteiger partial charge in [-0.05, 0) is 66.3 Å². The molecule has 2 aromatic heterocycles. The molecular weight excluding hydrogens is 480 g/mol. The normalized spacial score (nSPS) is 16.1. The van der Waals surface area contributed by atoms with Gasteiger partial charge in [-0.2, -0.15) is 0 Å². The molecule has 38 heavy (non-hydrogen) atoms. The van der Waals surface area contributed by atoms with Crippen LogP contribution in [0.3, 0.4) is 0 Å². The van der Waals surface area contributed by atoms with Crippen molar-refractivity contribution >= 4 is 10.9 Å². The van der Waals surface area contributed by atoms with Gasteiger partial charge in [-0.25, -0.2) is 4.68 Å². The van der Waals surface area contributed by atoms with Crippen LogP contribution in [0.1, 0.15) is 73.6 Å². The van der Waals surface area contributed by atoms with Crippen LogP contribution >= 0.6 is 0 Å². The molecule has 1 fully saturated rings. The fourth-order valence-corrected chi connectivity index (χ4v) is 5.91. The lowest BCUT2D eigenvalue weighted by Crippen LogP contribution is -2.34. The van der Waals surface area contributed by atoms with Gasteiger partial charge in [0.25, 0.3) is 5.56 Å². The molecule has 9 heteroatoms. The minimum atomic E-state index is -0.0949. The highest BCUT2D eigenvalue weighted by Gasteiger charge is 2.29. The lowest BCUT2D eigenvalue weighted by molar-refractivity contribution is 0.169. The number of hydrogen-bond donors (Lipinski definition) is 1. The second-order valence-corrected chi connectivity index (χ2v) is 10.4. The van der Waals surface area contributed by atoms with Gasteiger partial charge in [-0.1, -0.05) is 44.0 Å². The molecule has 3 heterocycles. The van der Waals surface area contributed by atoms with Crippen molar-refractivity contribution < 1.29 is 9.47 Å². The summed E-state index contributed by atoms with van der Waals surface area (Å²) in [5.74, 6) is 2.25. The third-order valence-corrected chi connectivity index (χ3v) is 8.03. The van der Waals surface area contributed by atoms with Gasteiger partial charge in [0.05, 0.1) is 17.6 Å². The summed E-state index contributed by atoms with van der Waals surface area (Å²) in [6.07, 6.45) is 6.35. The summed E-state index contributed by atoms with van der Waals surface area (Å²) in [5, 5.41) is 14.0. The number of nitrogens with one attached hydrogen (secondary N) is 1. The van der Waals surface area contributed by atoms with Crippen LogP contribution < -0.4 is 15.0 Å². The number of H-pyrrole nitrogens is 1. The predicted molar refractivity (Wildman–Crippen MR) is 144 cm³/mol. The molecule has 0 bridgehead atoms. The van der Waals surface area contributed by atoms with Crippen LogP contribution in [0.15, 0.2) is 47.3 Å². The Labute approximate surface area is 221 Å². The number of pyridine rings is 1. The molecule has 2 aromatic carbocycles. The molecular formula is C29H34N6O3. The zero-order valence-corrected chi connectivity index (χ0v) is 22.0. The molecule has 1 aliphatic heterocycles. The fraction of sp³-hybridized carbons (Fsp3) is 0.448. The first kappa shape index (κ1) is 24.6. The monoisotopic (exact) mass is 514 g/mol. The average molecular weight is 515 g/mol. The first-order chi connectivity index (χ1) is 18.6. The molecule has 198 valence electrons. The van der Waals surface area contributed by atoms with Crippen LogP contribution in [0.4, 0.5) is 0 Å². The highest BCUT2D eigenvalue weighted by atomic mass is 16.7. The number of benzene rings is 2. The van der Waals surface area contributed by atoms with Gasteiger partial charge in [-0.15, -0.1) is 5.10 Å². The van der Waals surface area contributed by atoms with E-state index in [-0.39, 0.29) is 18.4 Å². The molecule has 1 atom stereocenters. The molecule has 6 rings (SSSR count). The lowest BCUT2D eigenvalue weighted by Gasteiger charge is -2.31. The van der Waals surface area contributed by atoms with E-state index in [1.165, 1.54) is 24.0 Å². The van der Waals surface area contributed by atoms with Crippen molar-refractivity contribution in [2.24, 2.45) is 0 Å². The lowest BCUT2D eigenvalue weighted by atomic mass is 10.0. The number of fused-ring (bicyclic) bond motifs is 2. The van der Waals surface area contributed by atoms with Crippen LogP contribution in [0.2, 0.25) is 0 Å². The van der Waals surface area contributed by atoms with Crippen molar-refractivity contribution in [1.82, 2.24) is 30.1 Å². The zero-order valence-electron chi connectivity index (χ0n) is 22.0. The van der Waals surface area contributed by atoms with E-state index in [1.54, 1.807) is 0 Å². The number of aromatic amines is 1. The Bertz CT molecular complexity index is 1490. The van der Waals surface area contributed by atoms with Crippen LogP contribution in [0.25, 0.3) is 10.9 Å². The Balaban J connectivity index is 1.35. The summed E-state index contributed by atoms with van der Waals surface area (Å²) in [5.41, 5.74) is 3.94. The first-order valence-corrected chi connectivity index (χ1v) is 13.6. The number of aryl methyl sites for hydroxylation is 1. The van der Waals surface area contributed by atoms with E-state index in [1.807, 2.05) is 22.9 Å². The quantitative estimate of drug-likeness (QED) is 0.340. The predicted octanol–water partition coefficient (Wildman–Crippen LogP) is 4.86. The van der Waals surface area contributed by atoms with Crippen molar-refractivity contribution in [2.75, 3.05) is 13.3 Å². The molecule has 0 saturated heterocycles. The van der Waals surface area contributed by atoms with Gasteiger partial charge >= 0.3 is 0 Å². The molecule has 1 N–H and O–H groups in total. The van der Waals surface area contributed by atoms with Crippen LogP contribution in [-0.2, 0) is 13.0 Å². The van der Waals surface area contributed by atoms with Crippen LogP contribution in [0, 0.1) is 6.92 Å². The van der Waals surface area contributed by atoms with Crippen molar-refractivity contribution in [1.29, 1.82) is 0 Å². The van der Waals surface area contributed by atoms with Crippen molar-refractivity contribution in [3.8, 4) is 11.5 Å². The molecule has 1 unspecified atom stereocenters. The standard InChI is InChI=1S/C29H34N6O3/c1-3-25(28-31-32-33-35(28)23-10-6-7-11-23)34(13-12-20-9-5-4-8-19(20)2)17-22-14-21-15-26-27(38-18-37-26)16-24(21)30-29(22)36/h4-5,8-9,14-16,23,25H,3,6-7,10-13,17-18H2,1-2H3,(H,30,36). The molecule has 0 spiro atoms. The molecule has 0 amide bonds. The third-order valence-electron chi connectivity index (χ3n) is 8.03. The average Bonchev–Trinajstić information content (AvgIpc) is 3.69. The summed E-state index contributed by atoms with van der Waals surface area (Å²) in [4.78, 5) is 18.7. The highest BCUT2D eigenvalue weighted by molar-refractivity contribution is 5.83. The van der Waals surface area contributed by atoms with Gasteiger partial charge < -0.3 is 14.5 Å². The first-order valence-electron chi connectivity index (χ1n) is 13.6. The number of ether oxygens (including phenoxy) is 2. The van der Waals surface area contributed by atoms with Gasteiger partial charge in [0, 0.05) is 30.1 Å². The number of hydrogen-bond acceptors (Lipinski definition) is 7. The van der Waals surface area contributed by atoms with E-state index in [2.05, 4.69) is 63.5 Å².